The fraction of sp³-hybridized carbons (Fsp3) is 1.00. The molecule has 1 aliphatic rings. The van der Waals surface area contributed by atoms with Crippen molar-refractivity contribution < 1.29 is 14.9 Å². The Balaban J connectivity index is 2.53. The maximum atomic E-state index is 9.34. The van der Waals surface area contributed by atoms with E-state index in [1.54, 1.807) is 0 Å². The number of hydrogen-bond donors (Lipinski definition) is 2. The Hall–Kier alpha value is -0.120. The monoisotopic (exact) mass is 146 g/mol. The highest BCUT2D eigenvalue weighted by Crippen LogP contribution is 2.25. The third-order valence-electron chi connectivity index (χ3n) is 2.23. The van der Waals surface area contributed by atoms with Crippen LogP contribution in [0.2, 0.25) is 0 Å². The van der Waals surface area contributed by atoms with Gasteiger partial charge in [-0.15, -0.1) is 0 Å². The summed E-state index contributed by atoms with van der Waals surface area (Å²) in [4.78, 5) is 0. The van der Waals surface area contributed by atoms with Crippen LogP contribution in [-0.4, -0.2) is 35.1 Å². The SMILES string of the molecule is CC1[C@H](C)O[C@H](CO)[C@H]1O. The lowest BCUT2D eigenvalue weighted by atomic mass is 10.00. The molecule has 3 heteroatoms. The van der Waals surface area contributed by atoms with Crippen LogP contribution in [-0.2, 0) is 4.74 Å². The standard InChI is InChI=1S/C7H14O3/c1-4-5(2)10-6(3-8)7(4)9/h4-9H,3H2,1-2H3/t4?,5-,6+,7-/m0/s1. The molecule has 0 aromatic carbocycles. The lowest BCUT2D eigenvalue weighted by Crippen LogP contribution is -2.28. The Morgan fingerprint density at radius 2 is 2.00 bits per heavy atom. The molecular weight excluding hydrogens is 132 g/mol. The molecule has 60 valence electrons. The van der Waals surface area contributed by atoms with Crippen molar-refractivity contribution in [2.75, 3.05) is 6.61 Å². The average molecular weight is 146 g/mol. The van der Waals surface area contributed by atoms with Crippen LogP contribution in [0.5, 0.6) is 0 Å². The molecule has 1 rings (SSSR count). The van der Waals surface area contributed by atoms with Gasteiger partial charge in [0.1, 0.15) is 6.10 Å². The van der Waals surface area contributed by atoms with Gasteiger partial charge in [0.2, 0.25) is 0 Å². The minimum absolute atomic E-state index is 0.0622. The summed E-state index contributed by atoms with van der Waals surface area (Å²) < 4.78 is 5.23. The summed E-state index contributed by atoms with van der Waals surface area (Å²) >= 11 is 0. The maximum Gasteiger partial charge on any atom is 0.107 e. The maximum absolute atomic E-state index is 9.34. The minimum atomic E-state index is -0.500. The Bertz CT molecular complexity index is 115. The van der Waals surface area contributed by atoms with Crippen molar-refractivity contribution in [1.82, 2.24) is 0 Å². The molecule has 1 fully saturated rings. The van der Waals surface area contributed by atoms with Gasteiger partial charge in [0, 0.05) is 5.92 Å². The van der Waals surface area contributed by atoms with E-state index < -0.39 is 6.10 Å². The number of rotatable bonds is 1. The second-order valence-electron chi connectivity index (χ2n) is 2.91. The van der Waals surface area contributed by atoms with E-state index in [4.69, 9.17) is 9.84 Å². The van der Waals surface area contributed by atoms with Crippen molar-refractivity contribution in [3.8, 4) is 0 Å². The molecule has 0 radical (unpaired) electrons. The summed E-state index contributed by atoms with van der Waals surface area (Å²) in [5, 5.41) is 18.0. The van der Waals surface area contributed by atoms with Crippen LogP contribution < -0.4 is 0 Å². The summed E-state index contributed by atoms with van der Waals surface area (Å²) in [5.74, 6) is 0.136. The van der Waals surface area contributed by atoms with Crippen LogP contribution in [0.3, 0.4) is 0 Å². The van der Waals surface area contributed by atoms with Gasteiger partial charge < -0.3 is 14.9 Å². The van der Waals surface area contributed by atoms with Gasteiger partial charge in [-0.2, -0.15) is 0 Å². The van der Waals surface area contributed by atoms with Crippen LogP contribution in [0, 0.1) is 5.92 Å². The van der Waals surface area contributed by atoms with E-state index in [0.717, 1.165) is 0 Å². The molecule has 2 N–H and O–H groups in total. The third-order valence-corrected chi connectivity index (χ3v) is 2.23. The van der Waals surface area contributed by atoms with Crippen molar-refractivity contribution in [2.45, 2.75) is 32.2 Å². The van der Waals surface area contributed by atoms with Gasteiger partial charge in [0.25, 0.3) is 0 Å². The van der Waals surface area contributed by atoms with Crippen molar-refractivity contribution in [1.29, 1.82) is 0 Å². The van der Waals surface area contributed by atoms with E-state index in [9.17, 15) is 5.11 Å². The first kappa shape index (κ1) is 7.98. The van der Waals surface area contributed by atoms with E-state index >= 15 is 0 Å². The van der Waals surface area contributed by atoms with Crippen LogP contribution in [0.1, 0.15) is 13.8 Å². The van der Waals surface area contributed by atoms with Crippen LogP contribution in [0.25, 0.3) is 0 Å². The summed E-state index contributed by atoms with van der Waals surface area (Å²) in [7, 11) is 0. The molecule has 0 aromatic rings. The second-order valence-corrected chi connectivity index (χ2v) is 2.91. The first-order valence-corrected chi connectivity index (χ1v) is 3.61. The van der Waals surface area contributed by atoms with E-state index in [-0.39, 0.29) is 24.7 Å². The van der Waals surface area contributed by atoms with Gasteiger partial charge in [0.05, 0.1) is 18.8 Å². The van der Waals surface area contributed by atoms with Gasteiger partial charge in [0.15, 0.2) is 0 Å². The highest BCUT2D eigenvalue weighted by Gasteiger charge is 2.37. The Morgan fingerprint density at radius 1 is 1.40 bits per heavy atom. The van der Waals surface area contributed by atoms with E-state index in [2.05, 4.69) is 0 Å². The van der Waals surface area contributed by atoms with Crippen LogP contribution >= 0.6 is 0 Å². The molecule has 0 spiro atoms. The van der Waals surface area contributed by atoms with Gasteiger partial charge in [-0.1, -0.05) is 6.92 Å². The lowest BCUT2D eigenvalue weighted by Gasteiger charge is -2.11. The van der Waals surface area contributed by atoms with Crippen molar-refractivity contribution in [2.24, 2.45) is 5.92 Å². The first-order chi connectivity index (χ1) is 4.66. The zero-order valence-electron chi connectivity index (χ0n) is 6.32. The number of hydrogen-bond acceptors (Lipinski definition) is 3. The van der Waals surface area contributed by atoms with Crippen molar-refractivity contribution >= 4 is 0 Å². The van der Waals surface area contributed by atoms with Gasteiger partial charge in [-0.25, -0.2) is 0 Å². The molecule has 0 bridgehead atoms. The fourth-order valence-electron chi connectivity index (χ4n) is 1.25. The largest absolute Gasteiger partial charge is 0.394 e. The molecule has 0 aromatic heterocycles. The summed E-state index contributed by atoms with van der Waals surface area (Å²) in [6.45, 7) is 3.74. The van der Waals surface area contributed by atoms with Gasteiger partial charge in [-0.05, 0) is 6.92 Å². The Labute approximate surface area is 60.6 Å². The fourth-order valence-corrected chi connectivity index (χ4v) is 1.25. The molecular formula is C7H14O3. The van der Waals surface area contributed by atoms with E-state index in [1.807, 2.05) is 13.8 Å². The van der Waals surface area contributed by atoms with Gasteiger partial charge >= 0.3 is 0 Å². The first-order valence-electron chi connectivity index (χ1n) is 3.61. The average Bonchev–Trinajstić information content (AvgIpc) is 2.17. The molecule has 4 atom stereocenters. The number of ether oxygens (including phenoxy) is 1. The van der Waals surface area contributed by atoms with Gasteiger partial charge in [-0.3, -0.25) is 0 Å². The molecule has 0 amide bonds. The highest BCUT2D eigenvalue weighted by atomic mass is 16.5. The minimum Gasteiger partial charge on any atom is -0.394 e. The Kier molecular flexibility index (Phi) is 2.28. The predicted octanol–water partition coefficient (Wildman–Crippen LogP) is -0.237. The van der Waals surface area contributed by atoms with Crippen molar-refractivity contribution in [3.63, 3.8) is 0 Å². The zero-order chi connectivity index (χ0) is 7.72. The molecule has 1 unspecified atom stereocenters. The molecule has 10 heavy (non-hydrogen) atoms. The van der Waals surface area contributed by atoms with E-state index in [0.29, 0.717) is 0 Å². The molecule has 1 aliphatic heterocycles. The zero-order valence-corrected chi connectivity index (χ0v) is 6.32. The lowest BCUT2D eigenvalue weighted by molar-refractivity contribution is -0.0170. The number of aliphatic hydroxyl groups excluding tert-OH is 2. The number of aliphatic hydroxyl groups is 2. The highest BCUT2D eigenvalue weighted by molar-refractivity contribution is 4.85. The van der Waals surface area contributed by atoms with Crippen LogP contribution in [0.15, 0.2) is 0 Å². The van der Waals surface area contributed by atoms with E-state index in [1.165, 1.54) is 0 Å². The molecule has 0 aliphatic carbocycles. The molecule has 1 saturated heterocycles. The summed E-state index contributed by atoms with van der Waals surface area (Å²) in [6.07, 6.45) is -0.808. The second kappa shape index (κ2) is 2.86. The predicted molar refractivity (Wildman–Crippen MR) is 36.6 cm³/mol. The smallest absolute Gasteiger partial charge is 0.107 e. The quantitative estimate of drug-likeness (QED) is 0.537. The molecule has 3 nitrogen and oxygen atoms in total. The summed E-state index contributed by atoms with van der Waals surface area (Å²) in [6, 6.07) is 0. The van der Waals surface area contributed by atoms with Crippen molar-refractivity contribution in [3.05, 3.63) is 0 Å². The summed E-state index contributed by atoms with van der Waals surface area (Å²) in [5.41, 5.74) is 0. The Morgan fingerprint density at radius 3 is 2.20 bits per heavy atom. The molecule has 1 heterocycles. The third kappa shape index (κ3) is 1.17. The topological polar surface area (TPSA) is 49.7 Å². The normalized spacial score (nSPS) is 48.0. The molecule has 0 saturated carbocycles. The van der Waals surface area contributed by atoms with Crippen LogP contribution in [0.4, 0.5) is 0 Å².